The van der Waals surface area contributed by atoms with Gasteiger partial charge in [-0.05, 0) is 26.3 Å². The lowest BCUT2D eigenvalue weighted by Gasteiger charge is -2.31. The smallest absolute Gasteiger partial charge is 0.126 e. The molecule has 2 aliphatic rings. The van der Waals surface area contributed by atoms with E-state index in [4.69, 9.17) is 4.74 Å². The lowest BCUT2D eigenvalue weighted by atomic mass is 9.95. The lowest BCUT2D eigenvalue weighted by molar-refractivity contribution is 0.244. The predicted molar refractivity (Wildman–Crippen MR) is 95.7 cm³/mol. The lowest BCUT2D eigenvalue weighted by Crippen LogP contribution is -2.38. The van der Waals surface area contributed by atoms with Gasteiger partial charge in [0.2, 0.25) is 0 Å². The number of anilines is 1. The molecule has 0 spiro atoms. The molecule has 0 amide bonds. The fourth-order valence-corrected chi connectivity index (χ4v) is 3.92. The number of nitrogens with one attached hydrogen (secondary N) is 2. The molecule has 5 nitrogen and oxygen atoms in total. The monoisotopic (exact) mass is 326 g/mol. The zero-order chi connectivity index (χ0) is 16.7. The molecule has 0 saturated carbocycles. The molecule has 24 heavy (non-hydrogen) atoms. The Kier molecular flexibility index (Phi) is 3.96. The number of rotatable bonds is 3. The summed E-state index contributed by atoms with van der Waals surface area (Å²) in [5, 5.41) is 11.8. The van der Waals surface area contributed by atoms with Crippen molar-refractivity contribution in [2.24, 2.45) is 5.92 Å². The van der Waals surface area contributed by atoms with Gasteiger partial charge in [0.05, 0.1) is 12.3 Å². The number of hydrogen-bond acceptors (Lipinski definition) is 4. The summed E-state index contributed by atoms with van der Waals surface area (Å²) in [5.74, 6) is 2.77. The van der Waals surface area contributed by atoms with Crippen molar-refractivity contribution in [3.05, 3.63) is 40.6 Å². The molecule has 5 heteroatoms. The van der Waals surface area contributed by atoms with E-state index in [1.807, 2.05) is 6.92 Å². The van der Waals surface area contributed by atoms with Gasteiger partial charge >= 0.3 is 0 Å². The third-order valence-corrected chi connectivity index (χ3v) is 5.03. The number of benzene rings is 1. The average Bonchev–Trinajstić information content (AvgIpc) is 2.92. The van der Waals surface area contributed by atoms with E-state index in [-0.39, 0.29) is 0 Å². The maximum Gasteiger partial charge on any atom is 0.126 e. The van der Waals surface area contributed by atoms with Crippen LogP contribution in [-0.2, 0) is 6.54 Å². The summed E-state index contributed by atoms with van der Waals surface area (Å²) in [4.78, 5) is 0. The van der Waals surface area contributed by atoms with Gasteiger partial charge in [0.25, 0.3) is 0 Å². The van der Waals surface area contributed by atoms with Crippen LogP contribution in [0.3, 0.4) is 0 Å². The van der Waals surface area contributed by atoms with Gasteiger partial charge in [-0.2, -0.15) is 5.10 Å². The molecular formula is C19H26N4O. The molecular weight excluding hydrogens is 300 g/mol. The highest BCUT2D eigenvalue weighted by Gasteiger charge is 2.25. The van der Waals surface area contributed by atoms with Crippen LogP contribution in [-0.4, -0.2) is 29.5 Å². The Bertz CT molecular complexity index is 752. The zero-order valence-corrected chi connectivity index (χ0v) is 14.7. The first-order valence-electron chi connectivity index (χ1n) is 8.86. The summed E-state index contributed by atoms with van der Waals surface area (Å²) in [6, 6.07) is 6.97. The normalized spacial score (nSPS) is 22.3. The molecule has 1 aromatic heterocycles. The molecule has 128 valence electrons. The molecule has 2 N–H and O–H groups in total. The van der Waals surface area contributed by atoms with E-state index in [1.165, 1.54) is 16.7 Å². The molecule has 0 fully saturated rings. The maximum atomic E-state index is 5.91. The van der Waals surface area contributed by atoms with E-state index in [0.717, 1.165) is 49.9 Å². The van der Waals surface area contributed by atoms with Crippen molar-refractivity contribution in [2.75, 3.05) is 25.0 Å². The Morgan fingerprint density at radius 2 is 2.17 bits per heavy atom. The van der Waals surface area contributed by atoms with Crippen LogP contribution in [0, 0.1) is 26.7 Å². The van der Waals surface area contributed by atoms with E-state index >= 15 is 0 Å². The highest BCUT2D eigenvalue weighted by Crippen LogP contribution is 2.35. The van der Waals surface area contributed by atoms with Crippen molar-refractivity contribution in [1.82, 2.24) is 15.1 Å². The highest BCUT2D eigenvalue weighted by molar-refractivity contribution is 5.46. The van der Waals surface area contributed by atoms with E-state index in [9.17, 15) is 0 Å². The largest absolute Gasteiger partial charge is 0.493 e. The van der Waals surface area contributed by atoms with Crippen molar-refractivity contribution >= 4 is 5.82 Å². The molecule has 0 saturated heterocycles. The second-order valence-corrected chi connectivity index (χ2v) is 7.20. The van der Waals surface area contributed by atoms with Crippen molar-refractivity contribution in [2.45, 2.75) is 39.8 Å². The Morgan fingerprint density at radius 3 is 3.04 bits per heavy atom. The Balaban J connectivity index is 1.44. The average molecular weight is 326 g/mol. The molecule has 2 aromatic rings. The van der Waals surface area contributed by atoms with Crippen LogP contribution < -0.4 is 15.4 Å². The topological polar surface area (TPSA) is 51.1 Å². The Morgan fingerprint density at radius 1 is 1.29 bits per heavy atom. The van der Waals surface area contributed by atoms with Crippen molar-refractivity contribution in [3.63, 3.8) is 0 Å². The van der Waals surface area contributed by atoms with Crippen LogP contribution in [0.25, 0.3) is 0 Å². The molecule has 2 aliphatic heterocycles. The summed E-state index contributed by atoms with van der Waals surface area (Å²) in [6.07, 6.45) is 1.03. The number of nitrogens with zero attached hydrogens (tertiary/aromatic N) is 2. The second-order valence-electron chi connectivity index (χ2n) is 7.20. The SMILES string of the molecule is Cc1cc(C)c2c(c1)[C@H](NC[C@H]1CNc3cc(C)nn3C1)CCO2. The summed E-state index contributed by atoms with van der Waals surface area (Å²) in [7, 11) is 0. The van der Waals surface area contributed by atoms with Crippen molar-refractivity contribution in [1.29, 1.82) is 0 Å². The van der Waals surface area contributed by atoms with Gasteiger partial charge in [-0.25, -0.2) is 4.68 Å². The minimum atomic E-state index is 0.383. The van der Waals surface area contributed by atoms with Crippen LogP contribution in [0.4, 0.5) is 5.82 Å². The first-order valence-corrected chi connectivity index (χ1v) is 8.86. The van der Waals surface area contributed by atoms with Crippen LogP contribution in [0.1, 0.15) is 34.8 Å². The van der Waals surface area contributed by atoms with E-state index < -0.39 is 0 Å². The summed E-state index contributed by atoms with van der Waals surface area (Å²) in [6.45, 7) is 10.1. The van der Waals surface area contributed by atoms with E-state index in [1.54, 1.807) is 0 Å². The van der Waals surface area contributed by atoms with Crippen LogP contribution in [0.2, 0.25) is 0 Å². The zero-order valence-electron chi connectivity index (χ0n) is 14.7. The molecule has 3 heterocycles. The Hall–Kier alpha value is -2.01. The molecule has 1 aromatic carbocycles. The molecule has 0 unspecified atom stereocenters. The number of aryl methyl sites for hydroxylation is 3. The van der Waals surface area contributed by atoms with Gasteiger partial charge in [-0.15, -0.1) is 0 Å². The number of ether oxygens (including phenoxy) is 1. The fraction of sp³-hybridized carbons (Fsp3) is 0.526. The number of aromatic nitrogens is 2. The number of fused-ring (bicyclic) bond motifs is 2. The number of hydrogen-bond donors (Lipinski definition) is 2. The highest BCUT2D eigenvalue weighted by atomic mass is 16.5. The van der Waals surface area contributed by atoms with Gasteiger partial charge in [0, 0.05) is 49.6 Å². The van der Waals surface area contributed by atoms with E-state index in [0.29, 0.717) is 12.0 Å². The minimum absolute atomic E-state index is 0.383. The molecule has 0 radical (unpaired) electrons. The van der Waals surface area contributed by atoms with Gasteiger partial charge in [0.1, 0.15) is 11.6 Å². The van der Waals surface area contributed by atoms with Crippen LogP contribution >= 0.6 is 0 Å². The Labute approximate surface area is 143 Å². The maximum absolute atomic E-state index is 5.91. The third-order valence-electron chi connectivity index (χ3n) is 5.03. The van der Waals surface area contributed by atoms with Gasteiger partial charge in [0.15, 0.2) is 0 Å². The summed E-state index contributed by atoms with van der Waals surface area (Å²) in [5.41, 5.74) is 4.94. The van der Waals surface area contributed by atoms with Gasteiger partial charge < -0.3 is 15.4 Å². The second kappa shape index (κ2) is 6.13. The molecule has 2 atom stereocenters. The predicted octanol–water partition coefficient (Wildman–Crippen LogP) is 2.96. The third kappa shape index (κ3) is 2.88. The fourth-order valence-electron chi connectivity index (χ4n) is 3.92. The van der Waals surface area contributed by atoms with Crippen molar-refractivity contribution in [3.8, 4) is 5.75 Å². The summed E-state index contributed by atoms with van der Waals surface area (Å²) >= 11 is 0. The first-order chi connectivity index (χ1) is 11.6. The van der Waals surface area contributed by atoms with Crippen LogP contribution in [0.15, 0.2) is 18.2 Å². The van der Waals surface area contributed by atoms with Crippen LogP contribution in [0.5, 0.6) is 5.75 Å². The summed E-state index contributed by atoms with van der Waals surface area (Å²) < 4.78 is 8.01. The molecule has 4 rings (SSSR count). The molecule has 0 aliphatic carbocycles. The molecule has 0 bridgehead atoms. The van der Waals surface area contributed by atoms with Crippen molar-refractivity contribution < 1.29 is 4.74 Å². The van der Waals surface area contributed by atoms with E-state index in [2.05, 4.69) is 52.5 Å². The van der Waals surface area contributed by atoms with Gasteiger partial charge in [-0.3, -0.25) is 0 Å². The quantitative estimate of drug-likeness (QED) is 0.910. The first kappa shape index (κ1) is 15.5. The standard InChI is InChI=1S/C19H26N4O/c1-12-6-13(2)19-16(7-12)17(4-5-24-19)20-9-15-10-21-18-8-14(3)22-23(18)11-15/h6-8,15,17,20-21H,4-5,9-11H2,1-3H3/t15-,17+/m0/s1. The minimum Gasteiger partial charge on any atom is -0.493 e. The van der Waals surface area contributed by atoms with Gasteiger partial charge in [-0.1, -0.05) is 17.7 Å².